The van der Waals surface area contributed by atoms with E-state index < -0.39 is 0 Å². The van der Waals surface area contributed by atoms with E-state index in [9.17, 15) is 9.59 Å². The molecule has 2 N–H and O–H groups in total. The highest BCUT2D eigenvalue weighted by atomic mass is 16.5. The molecular weight excluding hydrogens is 268 g/mol. The van der Waals surface area contributed by atoms with Gasteiger partial charge in [0.15, 0.2) is 0 Å². The summed E-state index contributed by atoms with van der Waals surface area (Å²) in [5.74, 6) is -0.275. The number of esters is 1. The average Bonchev–Trinajstić information content (AvgIpc) is 2.54. The van der Waals surface area contributed by atoms with Gasteiger partial charge in [0.05, 0.1) is 18.1 Å². The zero-order valence-electron chi connectivity index (χ0n) is 12.4. The molecule has 1 amide bonds. The van der Waals surface area contributed by atoms with Gasteiger partial charge in [-0.25, -0.2) is 4.79 Å². The first kappa shape index (κ1) is 15.5. The number of hydrogen-bond donors (Lipinski definition) is 2. The number of ether oxygens (including phenoxy) is 1. The minimum Gasteiger partial charge on any atom is -0.462 e. The van der Waals surface area contributed by atoms with Gasteiger partial charge in [-0.05, 0) is 50.1 Å². The van der Waals surface area contributed by atoms with E-state index in [1.165, 1.54) is 0 Å². The van der Waals surface area contributed by atoms with Gasteiger partial charge < -0.3 is 15.4 Å². The molecule has 2 rings (SSSR count). The molecular formula is C16H22N2O3. The van der Waals surface area contributed by atoms with Crippen molar-refractivity contribution in [1.82, 2.24) is 5.32 Å². The van der Waals surface area contributed by atoms with Crippen molar-refractivity contribution < 1.29 is 14.3 Å². The van der Waals surface area contributed by atoms with Crippen LogP contribution >= 0.6 is 0 Å². The van der Waals surface area contributed by atoms with Gasteiger partial charge in [-0.2, -0.15) is 0 Å². The first-order valence-electron chi connectivity index (χ1n) is 7.49. The Kier molecular flexibility index (Phi) is 5.75. The fourth-order valence-electron chi connectivity index (χ4n) is 2.29. The van der Waals surface area contributed by atoms with Gasteiger partial charge in [0.1, 0.15) is 0 Å². The third-order valence-electron chi connectivity index (χ3n) is 3.49. The van der Waals surface area contributed by atoms with Crippen LogP contribution in [0.4, 0.5) is 5.69 Å². The fraction of sp³-hybridized carbons (Fsp3) is 0.500. The summed E-state index contributed by atoms with van der Waals surface area (Å²) >= 11 is 0. The summed E-state index contributed by atoms with van der Waals surface area (Å²) in [6, 6.07) is 6.81. The monoisotopic (exact) mass is 290 g/mol. The zero-order valence-corrected chi connectivity index (χ0v) is 12.4. The minimum atomic E-state index is -0.328. The third-order valence-corrected chi connectivity index (χ3v) is 3.49. The van der Waals surface area contributed by atoms with E-state index in [0.29, 0.717) is 17.9 Å². The number of amides is 1. The van der Waals surface area contributed by atoms with Crippen LogP contribution in [0.1, 0.15) is 36.5 Å². The van der Waals surface area contributed by atoms with Crippen molar-refractivity contribution in [3.8, 4) is 0 Å². The number of carbonyl (C=O) groups is 2. The lowest BCUT2D eigenvalue weighted by atomic mass is 9.99. The van der Waals surface area contributed by atoms with E-state index in [1.54, 1.807) is 24.3 Å². The molecule has 0 aromatic heterocycles. The maximum atomic E-state index is 12.1. The molecule has 0 saturated carbocycles. The van der Waals surface area contributed by atoms with E-state index in [2.05, 4.69) is 10.6 Å². The van der Waals surface area contributed by atoms with Gasteiger partial charge in [0, 0.05) is 12.2 Å². The van der Waals surface area contributed by atoms with Crippen LogP contribution in [0.5, 0.6) is 0 Å². The molecule has 1 atom stereocenters. The largest absolute Gasteiger partial charge is 0.462 e. The predicted molar refractivity (Wildman–Crippen MR) is 81.2 cm³/mol. The Morgan fingerprint density at radius 1 is 1.33 bits per heavy atom. The van der Waals surface area contributed by atoms with Crippen LogP contribution in [0.2, 0.25) is 0 Å². The van der Waals surface area contributed by atoms with Crippen molar-refractivity contribution >= 4 is 17.6 Å². The number of carbonyl (C=O) groups excluding carboxylic acids is 2. The van der Waals surface area contributed by atoms with Crippen LogP contribution < -0.4 is 10.6 Å². The number of piperidine rings is 1. The lowest BCUT2D eigenvalue weighted by Crippen LogP contribution is -2.37. The van der Waals surface area contributed by atoms with Crippen molar-refractivity contribution in [2.75, 3.05) is 25.0 Å². The molecule has 1 heterocycles. The van der Waals surface area contributed by atoms with Gasteiger partial charge in [-0.3, -0.25) is 4.79 Å². The van der Waals surface area contributed by atoms with E-state index in [4.69, 9.17) is 4.74 Å². The summed E-state index contributed by atoms with van der Waals surface area (Å²) in [5, 5.41) is 6.11. The first-order chi connectivity index (χ1) is 10.2. The molecule has 1 aliphatic rings. The van der Waals surface area contributed by atoms with Crippen LogP contribution in [0.25, 0.3) is 0 Å². The van der Waals surface area contributed by atoms with Crippen molar-refractivity contribution in [3.05, 3.63) is 29.8 Å². The molecule has 1 fully saturated rings. The van der Waals surface area contributed by atoms with Crippen LogP contribution in [0.3, 0.4) is 0 Å². The molecule has 5 nitrogen and oxygen atoms in total. The fourth-order valence-corrected chi connectivity index (χ4v) is 2.29. The van der Waals surface area contributed by atoms with Gasteiger partial charge in [-0.1, -0.05) is 6.92 Å². The van der Waals surface area contributed by atoms with Crippen LogP contribution in [-0.2, 0) is 9.53 Å². The molecule has 114 valence electrons. The number of benzene rings is 1. The van der Waals surface area contributed by atoms with E-state index in [-0.39, 0.29) is 17.8 Å². The average molecular weight is 290 g/mol. The van der Waals surface area contributed by atoms with E-state index in [0.717, 1.165) is 32.4 Å². The Hall–Kier alpha value is -1.88. The van der Waals surface area contributed by atoms with E-state index >= 15 is 0 Å². The third kappa shape index (κ3) is 4.56. The lowest BCUT2D eigenvalue weighted by Gasteiger charge is -2.21. The van der Waals surface area contributed by atoms with Crippen molar-refractivity contribution in [2.45, 2.75) is 26.2 Å². The Bertz CT molecular complexity index is 479. The highest BCUT2D eigenvalue weighted by Gasteiger charge is 2.20. The molecule has 1 saturated heterocycles. The molecule has 1 aromatic carbocycles. The number of anilines is 1. The Labute approximate surface area is 125 Å². The van der Waals surface area contributed by atoms with Gasteiger partial charge in [0.25, 0.3) is 0 Å². The summed E-state index contributed by atoms with van der Waals surface area (Å²) in [5.41, 5.74) is 1.21. The zero-order chi connectivity index (χ0) is 15.1. The number of nitrogens with one attached hydrogen (secondary N) is 2. The smallest absolute Gasteiger partial charge is 0.338 e. The second kappa shape index (κ2) is 7.78. The van der Waals surface area contributed by atoms with Crippen LogP contribution in [0, 0.1) is 5.92 Å². The summed E-state index contributed by atoms with van der Waals surface area (Å²) in [7, 11) is 0. The first-order valence-corrected chi connectivity index (χ1v) is 7.49. The molecule has 0 radical (unpaired) electrons. The molecule has 1 aromatic rings. The number of rotatable bonds is 5. The normalized spacial score (nSPS) is 18.0. The molecule has 0 unspecified atom stereocenters. The maximum Gasteiger partial charge on any atom is 0.338 e. The summed E-state index contributed by atoms with van der Waals surface area (Å²) in [4.78, 5) is 23.8. The van der Waals surface area contributed by atoms with Gasteiger partial charge in [-0.15, -0.1) is 0 Å². The van der Waals surface area contributed by atoms with Crippen molar-refractivity contribution in [2.24, 2.45) is 5.92 Å². The Morgan fingerprint density at radius 3 is 2.71 bits per heavy atom. The summed E-state index contributed by atoms with van der Waals surface area (Å²) in [6.07, 6.45) is 2.75. The Balaban J connectivity index is 1.89. The van der Waals surface area contributed by atoms with Gasteiger partial charge in [0.2, 0.25) is 5.91 Å². The van der Waals surface area contributed by atoms with Crippen molar-refractivity contribution in [3.63, 3.8) is 0 Å². The lowest BCUT2D eigenvalue weighted by molar-refractivity contribution is -0.120. The van der Waals surface area contributed by atoms with E-state index in [1.807, 2.05) is 6.92 Å². The molecule has 0 aliphatic carbocycles. The SMILES string of the molecule is CCCOC(=O)c1ccc(NC(=O)[C@H]2CCCNC2)cc1. The van der Waals surface area contributed by atoms with Crippen LogP contribution in [0.15, 0.2) is 24.3 Å². The summed E-state index contributed by atoms with van der Waals surface area (Å²) < 4.78 is 5.06. The highest BCUT2D eigenvalue weighted by Crippen LogP contribution is 2.15. The topological polar surface area (TPSA) is 67.4 Å². The molecule has 21 heavy (non-hydrogen) atoms. The molecule has 0 bridgehead atoms. The number of hydrogen-bond acceptors (Lipinski definition) is 4. The molecule has 1 aliphatic heterocycles. The van der Waals surface area contributed by atoms with Gasteiger partial charge >= 0.3 is 5.97 Å². The minimum absolute atomic E-state index is 0.0212. The maximum absolute atomic E-state index is 12.1. The highest BCUT2D eigenvalue weighted by molar-refractivity contribution is 5.94. The quantitative estimate of drug-likeness (QED) is 0.816. The molecule has 0 spiro atoms. The second-order valence-electron chi connectivity index (χ2n) is 5.25. The Morgan fingerprint density at radius 2 is 2.10 bits per heavy atom. The standard InChI is InChI=1S/C16H22N2O3/c1-2-10-21-16(20)12-5-7-14(8-6-12)18-15(19)13-4-3-9-17-11-13/h5-8,13,17H,2-4,9-11H2,1H3,(H,18,19)/t13-/m0/s1. The molecule has 5 heteroatoms. The second-order valence-corrected chi connectivity index (χ2v) is 5.25. The van der Waals surface area contributed by atoms with Crippen molar-refractivity contribution in [1.29, 1.82) is 0 Å². The van der Waals surface area contributed by atoms with Crippen LogP contribution in [-0.4, -0.2) is 31.6 Å². The summed E-state index contributed by atoms with van der Waals surface area (Å²) in [6.45, 7) is 4.09. The predicted octanol–water partition coefficient (Wildman–Crippen LogP) is 2.19.